The molecule has 1 heterocycles. The number of halogens is 1. The second kappa shape index (κ2) is 7.75. The molecule has 0 saturated carbocycles. The lowest BCUT2D eigenvalue weighted by Crippen LogP contribution is -1.99. The smallest absolute Gasteiger partial charge is 0.125 e. The number of allylic oxidation sites excluding steroid dienone is 1. The van der Waals surface area contributed by atoms with Crippen LogP contribution in [0.2, 0.25) is 0 Å². The van der Waals surface area contributed by atoms with Crippen molar-refractivity contribution < 1.29 is 4.74 Å². The van der Waals surface area contributed by atoms with Gasteiger partial charge in [-0.25, -0.2) is 4.98 Å². The highest BCUT2D eigenvalue weighted by Gasteiger charge is 2.03. The Labute approximate surface area is 126 Å². The Balaban J connectivity index is 0.00000200. The summed E-state index contributed by atoms with van der Waals surface area (Å²) in [5.41, 5.74) is 3.67. The molecule has 2 rings (SSSR count). The number of rotatable bonds is 5. The summed E-state index contributed by atoms with van der Waals surface area (Å²) in [6.45, 7) is 7.71. The first-order valence-electron chi connectivity index (χ1n) is 6.48. The topological polar surface area (TPSA) is 27.1 Å². The van der Waals surface area contributed by atoms with Gasteiger partial charge in [-0.3, -0.25) is 0 Å². The van der Waals surface area contributed by atoms with Crippen LogP contribution in [0.5, 0.6) is 5.75 Å². The van der Waals surface area contributed by atoms with E-state index in [1.807, 2.05) is 16.8 Å². The van der Waals surface area contributed by atoms with Crippen molar-refractivity contribution in [1.82, 2.24) is 9.55 Å². The van der Waals surface area contributed by atoms with E-state index in [1.54, 1.807) is 12.5 Å². The molecule has 0 N–H and O–H groups in total. The number of nitrogens with zero attached hydrogens (tertiary/aromatic N) is 2. The van der Waals surface area contributed by atoms with Gasteiger partial charge < -0.3 is 9.30 Å². The van der Waals surface area contributed by atoms with Crippen LogP contribution in [0, 0.1) is 20.8 Å². The van der Waals surface area contributed by atoms with Crippen molar-refractivity contribution in [3.05, 3.63) is 59.7 Å². The first-order valence-corrected chi connectivity index (χ1v) is 6.48. The molecule has 0 bridgehead atoms. The van der Waals surface area contributed by atoms with Gasteiger partial charge in [0.05, 0.1) is 6.33 Å². The molecule has 108 valence electrons. The van der Waals surface area contributed by atoms with Crippen LogP contribution < -0.4 is 4.74 Å². The van der Waals surface area contributed by atoms with Crippen molar-refractivity contribution in [3.8, 4) is 5.75 Å². The van der Waals surface area contributed by atoms with E-state index >= 15 is 0 Å². The summed E-state index contributed by atoms with van der Waals surface area (Å²) in [5, 5.41) is 0. The monoisotopic (exact) mass is 292 g/mol. The highest BCUT2D eigenvalue weighted by Crippen LogP contribution is 2.24. The first kappa shape index (κ1) is 16.3. The third-order valence-electron chi connectivity index (χ3n) is 2.97. The molecule has 0 fully saturated rings. The second-order valence-electron chi connectivity index (χ2n) is 4.77. The van der Waals surface area contributed by atoms with Gasteiger partial charge >= 0.3 is 0 Å². The van der Waals surface area contributed by atoms with Crippen LogP contribution in [-0.2, 0) is 6.54 Å². The Hall–Kier alpha value is -1.74. The highest BCUT2D eigenvalue weighted by atomic mass is 35.5. The molecule has 0 aliphatic rings. The zero-order chi connectivity index (χ0) is 13.7. The average molecular weight is 293 g/mol. The highest BCUT2D eigenvalue weighted by molar-refractivity contribution is 5.85. The van der Waals surface area contributed by atoms with E-state index in [9.17, 15) is 0 Å². The first-order chi connectivity index (χ1) is 9.16. The summed E-state index contributed by atoms with van der Waals surface area (Å²) in [5.74, 6) is 0.998. The normalized spacial score (nSPS) is 10.6. The van der Waals surface area contributed by atoms with E-state index in [0.29, 0.717) is 6.61 Å². The lowest BCUT2D eigenvalue weighted by molar-refractivity contribution is 0.357. The molecule has 2 aromatic rings. The zero-order valence-corrected chi connectivity index (χ0v) is 13.0. The number of hydrogen-bond donors (Lipinski definition) is 0. The molecule has 0 saturated heterocycles. The summed E-state index contributed by atoms with van der Waals surface area (Å²) in [4.78, 5) is 4.00. The molecule has 0 unspecified atom stereocenters. The maximum atomic E-state index is 5.83. The molecule has 1 aromatic carbocycles. The van der Waals surface area contributed by atoms with Gasteiger partial charge in [0.2, 0.25) is 0 Å². The summed E-state index contributed by atoms with van der Waals surface area (Å²) >= 11 is 0. The Bertz CT molecular complexity index is 539. The zero-order valence-electron chi connectivity index (χ0n) is 12.2. The SMILES string of the molecule is Cc1cc(C)c(OC/C=C/Cn2ccnc2)c(C)c1.Cl. The molecule has 0 aliphatic heterocycles. The van der Waals surface area contributed by atoms with Crippen molar-refractivity contribution in [2.24, 2.45) is 0 Å². The minimum Gasteiger partial charge on any atom is -0.489 e. The quantitative estimate of drug-likeness (QED) is 0.782. The van der Waals surface area contributed by atoms with Crippen molar-refractivity contribution >= 4 is 12.4 Å². The van der Waals surface area contributed by atoms with Crippen LogP contribution in [0.25, 0.3) is 0 Å². The van der Waals surface area contributed by atoms with Crippen molar-refractivity contribution in [2.75, 3.05) is 6.61 Å². The van der Waals surface area contributed by atoms with Gasteiger partial charge in [-0.15, -0.1) is 12.4 Å². The largest absolute Gasteiger partial charge is 0.489 e. The number of aromatic nitrogens is 2. The molecule has 0 atom stereocenters. The van der Waals surface area contributed by atoms with Gasteiger partial charge in [-0.2, -0.15) is 0 Å². The fraction of sp³-hybridized carbons (Fsp3) is 0.312. The van der Waals surface area contributed by atoms with Gasteiger partial charge in [0, 0.05) is 18.9 Å². The van der Waals surface area contributed by atoms with Crippen LogP contribution >= 0.6 is 12.4 Å². The molecule has 4 heteroatoms. The van der Waals surface area contributed by atoms with Crippen molar-refractivity contribution in [3.63, 3.8) is 0 Å². The van der Waals surface area contributed by atoms with E-state index < -0.39 is 0 Å². The standard InChI is InChI=1S/C16H20N2O.ClH/c1-13-10-14(2)16(15(3)11-13)19-9-5-4-7-18-8-6-17-12-18;/h4-6,8,10-12H,7,9H2,1-3H3;1H/b5-4+;. The number of benzene rings is 1. The Kier molecular flexibility index (Phi) is 6.32. The summed E-state index contributed by atoms with van der Waals surface area (Å²) in [6, 6.07) is 4.30. The lowest BCUT2D eigenvalue weighted by Gasteiger charge is -2.11. The Morgan fingerprint density at radius 3 is 2.45 bits per heavy atom. The van der Waals surface area contributed by atoms with E-state index in [4.69, 9.17) is 4.74 Å². The van der Waals surface area contributed by atoms with Gasteiger partial charge in [0.25, 0.3) is 0 Å². The minimum atomic E-state index is 0. The van der Waals surface area contributed by atoms with Gasteiger partial charge in [0.1, 0.15) is 12.4 Å². The van der Waals surface area contributed by atoms with Crippen LogP contribution in [0.1, 0.15) is 16.7 Å². The maximum Gasteiger partial charge on any atom is 0.125 e. The Morgan fingerprint density at radius 1 is 1.15 bits per heavy atom. The molecular formula is C16H21ClN2O. The summed E-state index contributed by atoms with van der Waals surface area (Å²) < 4.78 is 7.84. The van der Waals surface area contributed by atoms with Crippen molar-refractivity contribution in [2.45, 2.75) is 27.3 Å². The van der Waals surface area contributed by atoms with Crippen LogP contribution in [0.4, 0.5) is 0 Å². The predicted octanol–water partition coefficient (Wildman–Crippen LogP) is 3.87. The average Bonchev–Trinajstić information content (AvgIpc) is 2.84. The van der Waals surface area contributed by atoms with E-state index in [2.05, 4.69) is 44.0 Å². The van der Waals surface area contributed by atoms with Gasteiger partial charge in [-0.05, 0) is 38.0 Å². The molecule has 0 aliphatic carbocycles. The van der Waals surface area contributed by atoms with Gasteiger partial charge in [0.15, 0.2) is 0 Å². The minimum absolute atomic E-state index is 0. The fourth-order valence-electron chi connectivity index (χ4n) is 2.18. The maximum absolute atomic E-state index is 5.83. The molecule has 0 spiro atoms. The van der Waals surface area contributed by atoms with Gasteiger partial charge in [-0.1, -0.05) is 23.8 Å². The molecule has 0 radical (unpaired) electrons. The molecule has 3 nitrogen and oxygen atoms in total. The van der Waals surface area contributed by atoms with Crippen LogP contribution in [0.15, 0.2) is 43.0 Å². The second-order valence-corrected chi connectivity index (χ2v) is 4.77. The Morgan fingerprint density at radius 2 is 1.85 bits per heavy atom. The molecular weight excluding hydrogens is 272 g/mol. The lowest BCUT2D eigenvalue weighted by atomic mass is 10.1. The number of aryl methyl sites for hydroxylation is 3. The third kappa shape index (κ3) is 4.42. The summed E-state index contributed by atoms with van der Waals surface area (Å²) in [6.07, 6.45) is 9.65. The number of imidazole rings is 1. The van der Waals surface area contributed by atoms with Crippen LogP contribution in [0.3, 0.4) is 0 Å². The molecule has 0 amide bonds. The third-order valence-corrected chi connectivity index (χ3v) is 2.97. The van der Waals surface area contributed by atoms with Crippen LogP contribution in [-0.4, -0.2) is 16.2 Å². The molecule has 20 heavy (non-hydrogen) atoms. The fourth-order valence-corrected chi connectivity index (χ4v) is 2.18. The number of hydrogen-bond acceptors (Lipinski definition) is 2. The summed E-state index contributed by atoms with van der Waals surface area (Å²) in [7, 11) is 0. The van der Waals surface area contributed by atoms with E-state index in [1.165, 1.54) is 16.7 Å². The van der Waals surface area contributed by atoms with E-state index in [0.717, 1.165) is 12.3 Å². The number of ether oxygens (including phenoxy) is 1. The predicted molar refractivity (Wildman–Crippen MR) is 84.8 cm³/mol. The molecule has 1 aromatic heterocycles. The van der Waals surface area contributed by atoms with E-state index in [-0.39, 0.29) is 12.4 Å². The van der Waals surface area contributed by atoms with Crippen molar-refractivity contribution in [1.29, 1.82) is 0 Å².